The summed E-state index contributed by atoms with van der Waals surface area (Å²) in [6.07, 6.45) is 4.50. The highest BCUT2D eigenvalue weighted by atomic mass is 32.1. The van der Waals surface area contributed by atoms with E-state index in [1.165, 1.54) is 22.5 Å². The van der Waals surface area contributed by atoms with Crippen LogP contribution in [0.4, 0.5) is 16.9 Å². The molecule has 0 bridgehead atoms. The molecule has 7 nitrogen and oxygen atoms in total. The van der Waals surface area contributed by atoms with Crippen molar-refractivity contribution in [2.45, 2.75) is 45.8 Å². The van der Waals surface area contributed by atoms with Gasteiger partial charge in [-0.05, 0) is 31.7 Å². The molecular formula is C23H26N6OS. The molecule has 4 rings (SSSR count). The molecule has 0 saturated carbocycles. The van der Waals surface area contributed by atoms with Crippen LogP contribution < -0.4 is 10.2 Å². The average molecular weight is 435 g/mol. The van der Waals surface area contributed by atoms with Gasteiger partial charge in [0.25, 0.3) is 0 Å². The zero-order valence-corrected chi connectivity index (χ0v) is 18.9. The number of hydrogen-bond donors (Lipinski definition) is 1. The van der Waals surface area contributed by atoms with E-state index >= 15 is 0 Å². The van der Waals surface area contributed by atoms with Crippen molar-refractivity contribution < 1.29 is 4.74 Å². The van der Waals surface area contributed by atoms with E-state index in [0.29, 0.717) is 22.6 Å². The normalized spacial score (nSPS) is 15.8. The topological polar surface area (TPSA) is 87.0 Å². The third kappa shape index (κ3) is 4.53. The molecule has 0 aliphatic carbocycles. The Hall–Kier alpha value is -3.02. The minimum atomic E-state index is 0.251. The molecule has 160 valence electrons. The first-order chi connectivity index (χ1) is 15.1. The predicted molar refractivity (Wildman–Crippen MR) is 123 cm³/mol. The van der Waals surface area contributed by atoms with Crippen molar-refractivity contribution in [3.63, 3.8) is 0 Å². The van der Waals surface area contributed by atoms with E-state index in [1.807, 2.05) is 0 Å². The molecule has 1 fully saturated rings. The highest BCUT2D eigenvalue weighted by Crippen LogP contribution is 2.36. The Morgan fingerprint density at radius 1 is 1.29 bits per heavy atom. The predicted octanol–water partition coefficient (Wildman–Crippen LogP) is 4.91. The second-order valence-electron chi connectivity index (χ2n) is 7.61. The van der Waals surface area contributed by atoms with E-state index in [1.54, 1.807) is 13.3 Å². The summed E-state index contributed by atoms with van der Waals surface area (Å²) in [5.74, 6) is 1.43. The van der Waals surface area contributed by atoms with Crippen molar-refractivity contribution in [1.29, 1.82) is 5.26 Å². The van der Waals surface area contributed by atoms with Crippen molar-refractivity contribution >= 4 is 28.2 Å². The Balaban J connectivity index is 1.73. The van der Waals surface area contributed by atoms with Crippen LogP contribution in [0, 0.1) is 18.3 Å². The largest absolute Gasteiger partial charge is 0.378 e. The van der Waals surface area contributed by atoms with Crippen LogP contribution >= 0.6 is 11.3 Å². The molecular weight excluding hydrogens is 408 g/mol. The van der Waals surface area contributed by atoms with E-state index in [9.17, 15) is 0 Å². The van der Waals surface area contributed by atoms with Gasteiger partial charge in [-0.25, -0.2) is 9.97 Å². The fraction of sp³-hybridized carbons (Fsp3) is 0.391. The summed E-state index contributed by atoms with van der Waals surface area (Å²) < 4.78 is 5.45. The van der Waals surface area contributed by atoms with Gasteiger partial charge in [0.15, 0.2) is 5.13 Å². The molecule has 0 amide bonds. The monoisotopic (exact) mass is 434 g/mol. The van der Waals surface area contributed by atoms with Crippen LogP contribution in [0.5, 0.6) is 0 Å². The molecule has 3 aromatic rings. The van der Waals surface area contributed by atoms with Gasteiger partial charge in [0, 0.05) is 19.2 Å². The molecule has 3 heterocycles. The van der Waals surface area contributed by atoms with Crippen LogP contribution in [0.15, 0.2) is 30.5 Å². The zero-order valence-electron chi connectivity index (χ0n) is 18.1. The van der Waals surface area contributed by atoms with Crippen LogP contribution in [-0.4, -0.2) is 28.6 Å². The average Bonchev–Trinajstić information content (AvgIpc) is 3.44. The lowest BCUT2D eigenvalue weighted by atomic mass is 10.0. The summed E-state index contributed by atoms with van der Waals surface area (Å²) in [6, 6.07) is 11.1. The molecule has 1 aromatic carbocycles. The number of nitriles is 1. The van der Waals surface area contributed by atoms with Crippen LogP contribution in [-0.2, 0) is 17.8 Å². The lowest BCUT2D eigenvalue weighted by Crippen LogP contribution is -2.26. The van der Waals surface area contributed by atoms with Crippen molar-refractivity contribution in [3.8, 4) is 6.07 Å². The fourth-order valence-electron chi connectivity index (χ4n) is 4.00. The number of nitrogens with one attached hydrogen (secondary N) is 1. The van der Waals surface area contributed by atoms with Crippen molar-refractivity contribution in [1.82, 2.24) is 15.0 Å². The molecule has 8 heteroatoms. The fourth-order valence-corrected chi connectivity index (χ4v) is 4.62. The van der Waals surface area contributed by atoms with Gasteiger partial charge in [-0.3, -0.25) is 0 Å². The summed E-state index contributed by atoms with van der Waals surface area (Å²) in [7, 11) is 1.68. The van der Waals surface area contributed by atoms with Gasteiger partial charge in [0.2, 0.25) is 5.95 Å². The molecule has 1 N–H and O–H groups in total. The molecule has 1 atom stereocenters. The van der Waals surface area contributed by atoms with Gasteiger partial charge in [0.05, 0.1) is 24.5 Å². The van der Waals surface area contributed by atoms with Gasteiger partial charge in [-0.1, -0.05) is 48.1 Å². The number of methoxy groups -OCH3 is 1. The minimum Gasteiger partial charge on any atom is -0.378 e. The second-order valence-corrected chi connectivity index (χ2v) is 8.64. The van der Waals surface area contributed by atoms with Gasteiger partial charge in [0.1, 0.15) is 16.8 Å². The third-order valence-corrected chi connectivity index (χ3v) is 6.35. The molecule has 2 aromatic heterocycles. The zero-order chi connectivity index (χ0) is 21.8. The number of benzene rings is 1. The van der Waals surface area contributed by atoms with Crippen LogP contribution in [0.25, 0.3) is 0 Å². The maximum absolute atomic E-state index is 9.12. The van der Waals surface area contributed by atoms with Gasteiger partial charge >= 0.3 is 0 Å². The summed E-state index contributed by atoms with van der Waals surface area (Å²) in [6.45, 7) is 5.51. The first kappa shape index (κ1) is 21.2. The third-order valence-electron chi connectivity index (χ3n) is 5.53. The number of rotatable bonds is 7. The lowest BCUT2D eigenvalue weighted by Gasteiger charge is -2.27. The van der Waals surface area contributed by atoms with E-state index in [0.717, 1.165) is 42.9 Å². The van der Waals surface area contributed by atoms with Crippen LogP contribution in [0.2, 0.25) is 0 Å². The number of thiazole rings is 1. The number of ether oxygens (including phenoxy) is 1. The Kier molecular flexibility index (Phi) is 6.44. The Morgan fingerprint density at radius 3 is 2.77 bits per heavy atom. The lowest BCUT2D eigenvalue weighted by molar-refractivity contribution is 0.180. The Morgan fingerprint density at radius 2 is 2.10 bits per heavy atom. The maximum Gasteiger partial charge on any atom is 0.228 e. The smallest absolute Gasteiger partial charge is 0.228 e. The Labute approximate surface area is 186 Å². The molecule has 31 heavy (non-hydrogen) atoms. The van der Waals surface area contributed by atoms with E-state index in [2.05, 4.69) is 59.4 Å². The first-order valence-corrected chi connectivity index (χ1v) is 11.3. The summed E-state index contributed by atoms with van der Waals surface area (Å²) in [4.78, 5) is 17.0. The summed E-state index contributed by atoms with van der Waals surface area (Å²) >= 11 is 1.31. The summed E-state index contributed by atoms with van der Waals surface area (Å²) in [5.41, 5.74) is 4.42. The first-order valence-electron chi connectivity index (χ1n) is 10.5. The van der Waals surface area contributed by atoms with Crippen LogP contribution in [0.3, 0.4) is 0 Å². The van der Waals surface area contributed by atoms with Crippen molar-refractivity contribution in [2.75, 3.05) is 23.9 Å². The number of nitrogens with zero attached hydrogens (tertiary/aromatic N) is 5. The molecule has 1 saturated heterocycles. The second kappa shape index (κ2) is 9.41. The molecule has 1 aliphatic heterocycles. The maximum atomic E-state index is 9.12. The highest BCUT2D eigenvalue weighted by Gasteiger charge is 2.29. The quantitative estimate of drug-likeness (QED) is 0.565. The van der Waals surface area contributed by atoms with Crippen molar-refractivity contribution in [2.24, 2.45) is 0 Å². The van der Waals surface area contributed by atoms with E-state index in [4.69, 9.17) is 20.0 Å². The molecule has 1 unspecified atom stereocenters. The summed E-state index contributed by atoms with van der Waals surface area (Å²) in [5, 5.41) is 13.1. The Bertz CT molecular complexity index is 1090. The number of aryl methyl sites for hydroxylation is 1. The SMILES string of the molecule is CCc1c(COC)nc(N2CCCC2c2ccc(C)cc2)nc1Nc1ncc(C#N)s1. The van der Waals surface area contributed by atoms with Crippen molar-refractivity contribution in [3.05, 3.63) is 57.7 Å². The molecule has 1 aliphatic rings. The highest BCUT2D eigenvalue weighted by molar-refractivity contribution is 7.16. The number of hydrogen-bond acceptors (Lipinski definition) is 8. The molecule has 0 radical (unpaired) electrons. The van der Waals surface area contributed by atoms with Gasteiger partial charge < -0.3 is 15.0 Å². The number of aromatic nitrogens is 3. The van der Waals surface area contributed by atoms with Gasteiger partial charge in [-0.2, -0.15) is 10.2 Å². The minimum absolute atomic E-state index is 0.251. The van der Waals surface area contributed by atoms with Gasteiger partial charge in [-0.15, -0.1) is 0 Å². The van der Waals surface area contributed by atoms with Crippen LogP contribution in [0.1, 0.15) is 53.1 Å². The number of anilines is 3. The van der Waals surface area contributed by atoms with E-state index < -0.39 is 0 Å². The van der Waals surface area contributed by atoms with E-state index in [-0.39, 0.29) is 6.04 Å². The standard InChI is InChI=1S/C23H26N6OS/c1-4-18-19(14-30-3)26-22(27-21(18)28-23-25-13-17(12-24)31-23)29-11-5-6-20(29)16-9-7-15(2)8-10-16/h7-10,13,20H,4-6,11,14H2,1-3H3,(H,25,26,27,28). The molecule has 0 spiro atoms.